The van der Waals surface area contributed by atoms with E-state index in [1.54, 1.807) is 0 Å². The molecule has 0 aliphatic heterocycles. The van der Waals surface area contributed by atoms with Gasteiger partial charge in [0, 0.05) is 0 Å². The molecule has 5 heteroatoms. The van der Waals surface area contributed by atoms with Crippen molar-refractivity contribution in [1.82, 2.24) is 5.43 Å². The van der Waals surface area contributed by atoms with E-state index in [1.165, 1.54) is 5.43 Å². The van der Waals surface area contributed by atoms with Gasteiger partial charge in [-0.1, -0.05) is 13.8 Å². The van der Waals surface area contributed by atoms with Crippen molar-refractivity contribution in [2.75, 3.05) is 0 Å². The molecule has 0 aromatic heterocycles. The number of hydrogen-bond acceptors (Lipinski definition) is 3. The molecule has 0 saturated heterocycles. The molecule has 0 rings (SSSR count). The highest BCUT2D eigenvalue weighted by Crippen LogP contribution is 1.49. The lowest BCUT2D eigenvalue weighted by Crippen LogP contribution is -2.23. The zero-order valence-corrected chi connectivity index (χ0v) is 4.84. The van der Waals surface area contributed by atoms with Crippen molar-refractivity contribution in [2.24, 2.45) is 11.0 Å². The summed E-state index contributed by atoms with van der Waals surface area (Å²) in [6.07, 6.45) is 0. The van der Waals surface area contributed by atoms with Crippen LogP contribution >= 0.6 is 0 Å². The second-order valence-corrected chi connectivity index (χ2v) is 0.567. The van der Waals surface area contributed by atoms with Gasteiger partial charge in [0.25, 0.3) is 0 Å². The van der Waals surface area contributed by atoms with Gasteiger partial charge in [0.05, 0.1) is 5.29 Å². The number of rotatable bonds is 1. The van der Waals surface area contributed by atoms with E-state index in [0.717, 1.165) is 0 Å². The molecular formula is C3H9N3O2. The maximum absolute atomic E-state index is 9.42. The number of carbonyl (C=O) groups is 1. The molecule has 0 saturated carbocycles. The fraction of sp³-hybridized carbons (Fsp3) is 0.667. The fourth-order valence-electron chi connectivity index (χ4n) is 0.0450. The first-order valence-corrected chi connectivity index (χ1v) is 2.15. The van der Waals surface area contributed by atoms with Gasteiger partial charge in [-0.05, 0) is 0 Å². The van der Waals surface area contributed by atoms with E-state index in [-0.39, 0.29) is 0 Å². The Kier molecular flexibility index (Phi) is 11.6. The van der Waals surface area contributed by atoms with Crippen LogP contribution in [0.4, 0.5) is 4.79 Å². The summed E-state index contributed by atoms with van der Waals surface area (Å²) in [6.45, 7) is 4.00. The van der Waals surface area contributed by atoms with Crippen molar-refractivity contribution < 1.29 is 4.79 Å². The lowest BCUT2D eigenvalue weighted by atomic mass is 11.0. The highest BCUT2D eigenvalue weighted by atomic mass is 16.3. The number of hydrogen-bond donors (Lipinski definition) is 2. The van der Waals surface area contributed by atoms with Gasteiger partial charge in [0.2, 0.25) is 0 Å². The molecule has 0 aromatic carbocycles. The van der Waals surface area contributed by atoms with E-state index in [9.17, 15) is 4.79 Å². The first-order chi connectivity index (χ1) is 3.77. The molecule has 0 fully saturated rings. The normalized spacial score (nSPS) is 5.75. The average molecular weight is 119 g/mol. The second-order valence-electron chi connectivity index (χ2n) is 0.567. The van der Waals surface area contributed by atoms with Gasteiger partial charge in [-0.2, -0.15) is 5.43 Å². The smallest absolute Gasteiger partial charge is 0.335 e. The van der Waals surface area contributed by atoms with E-state index in [2.05, 4.69) is 5.73 Å². The third kappa shape index (κ3) is 20.9. The number of carbonyl (C=O) groups excluding carboxylic acids is 1. The summed E-state index contributed by atoms with van der Waals surface area (Å²) in [6, 6.07) is -0.940. The minimum atomic E-state index is -0.940. The summed E-state index contributed by atoms with van der Waals surface area (Å²) >= 11 is 0. The van der Waals surface area contributed by atoms with Crippen LogP contribution in [0.5, 0.6) is 0 Å². The Morgan fingerprint density at radius 3 is 2.00 bits per heavy atom. The van der Waals surface area contributed by atoms with Gasteiger partial charge in [0.1, 0.15) is 0 Å². The van der Waals surface area contributed by atoms with Crippen molar-refractivity contribution in [2.45, 2.75) is 13.8 Å². The summed E-state index contributed by atoms with van der Waals surface area (Å²) in [7, 11) is 0. The molecule has 8 heavy (non-hydrogen) atoms. The molecule has 0 aliphatic rings. The Hall–Kier alpha value is -1.13. The number of nitroso groups, excluding NO2 is 1. The summed E-state index contributed by atoms with van der Waals surface area (Å²) in [4.78, 5) is 18.4. The van der Waals surface area contributed by atoms with Crippen LogP contribution in [0, 0.1) is 4.91 Å². The molecular weight excluding hydrogens is 110 g/mol. The molecule has 0 atom stereocenters. The number of nitrogens with two attached hydrogens (primary N) is 1. The molecule has 0 heterocycles. The Morgan fingerprint density at radius 2 is 2.00 bits per heavy atom. The van der Waals surface area contributed by atoms with Crippen molar-refractivity contribution in [3.05, 3.63) is 4.91 Å². The van der Waals surface area contributed by atoms with Crippen LogP contribution in [-0.2, 0) is 0 Å². The zero-order chi connectivity index (χ0) is 6.99. The molecule has 0 aromatic rings. The average Bonchev–Trinajstić information content (AvgIpc) is 1.72. The largest absolute Gasteiger partial charge is 0.350 e. The Morgan fingerprint density at radius 1 is 1.62 bits per heavy atom. The van der Waals surface area contributed by atoms with E-state index < -0.39 is 6.03 Å². The zero-order valence-electron chi connectivity index (χ0n) is 4.84. The van der Waals surface area contributed by atoms with Gasteiger partial charge in [0.15, 0.2) is 0 Å². The van der Waals surface area contributed by atoms with Crippen LogP contribution in [0.2, 0.25) is 0 Å². The molecule has 2 amide bonds. The molecule has 0 bridgehead atoms. The van der Waals surface area contributed by atoms with Gasteiger partial charge in [-0.25, -0.2) is 4.79 Å². The number of nitrogens with zero attached hydrogens (tertiary/aromatic N) is 1. The van der Waals surface area contributed by atoms with E-state index >= 15 is 0 Å². The minimum Gasteiger partial charge on any atom is -0.350 e. The first kappa shape index (κ1) is 9.98. The SMILES string of the molecule is CC.NC(=O)NN=O. The summed E-state index contributed by atoms with van der Waals surface area (Å²) in [5, 5.41) is 1.96. The van der Waals surface area contributed by atoms with Crippen LogP contribution < -0.4 is 11.2 Å². The Balaban J connectivity index is 0. The molecule has 0 aliphatic carbocycles. The number of urea groups is 1. The quantitative estimate of drug-likeness (QED) is 0.386. The van der Waals surface area contributed by atoms with Crippen molar-refractivity contribution in [3.8, 4) is 0 Å². The highest BCUT2D eigenvalue weighted by Gasteiger charge is 1.80. The Bertz CT molecular complexity index is 72.9. The van der Waals surface area contributed by atoms with Gasteiger partial charge in [-0.15, -0.1) is 4.91 Å². The molecule has 0 spiro atoms. The summed E-state index contributed by atoms with van der Waals surface area (Å²) in [5.41, 5.74) is 5.78. The van der Waals surface area contributed by atoms with Crippen LogP contribution in [-0.4, -0.2) is 6.03 Å². The number of nitrogens with one attached hydrogen (secondary N) is 1. The monoisotopic (exact) mass is 119 g/mol. The topological polar surface area (TPSA) is 84.6 Å². The lowest BCUT2D eigenvalue weighted by Gasteiger charge is -1.77. The van der Waals surface area contributed by atoms with Crippen LogP contribution in [0.15, 0.2) is 5.29 Å². The number of amides is 2. The fourth-order valence-corrected chi connectivity index (χ4v) is 0.0450. The molecule has 0 unspecified atom stereocenters. The summed E-state index contributed by atoms with van der Waals surface area (Å²) < 4.78 is 0. The minimum absolute atomic E-state index is 0.940. The van der Waals surface area contributed by atoms with Crippen LogP contribution in [0.1, 0.15) is 13.8 Å². The highest BCUT2D eigenvalue weighted by molar-refractivity contribution is 5.70. The predicted octanol–water partition coefficient (Wildman–Crippen LogP) is 0.362. The molecule has 48 valence electrons. The van der Waals surface area contributed by atoms with Crippen molar-refractivity contribution >= 4 is 6.03 Å². The summed E-state index contributed by atoms with van der Waals surface area (Å²) in [5.74, 6) is 0. The van der Waals surface area contributed by atoms with Crippen molar-refractivity contribution in [3.63, 3.8) is 0 Å². The number of primary amides is 1. The van der Waals surface area contributed by atoms with Gasteiger partial charge in [-0.3, -0.25) is 0 Å². The first-order valence-electron chi connectivity index (χ1n) is 2.15. The van der Waals surface area contributed by atoms with Crippen molar-refractivity contribution in [1.29, 1.82) is 0 Å². The Labute approximate surface area is 47.2 Å². The van der Waals surface area contributed by atoms with Gasteiger partial charge < -0.3 is 5.73 Å². The van der Waals surface area contributed by atoms with E-state index in [4.69, 9.17) is 4.91 Å². The van der Waals surface area contributed by atoms with Crippen LogP contribution in [0.3, 0.4) is 0 Å². The van der Waals surface area contributed by atoms with Gasteiger partial charge >= 0.3 is 6.03 Å². The second kappa shape index (κ2) is 9.30. The maximum atomic E-state index is 9.42. The third-order valence-corrected chi connectivity index (χ3v) is 0.156. The predicted molar refractivity (Wildman–Crippen MR) is 29.9 cm³/mol. The van der Waals surface area contributed by atoms with E-state index in [1.807, 2.05) is 19.1 Å². The third-order valence-electron chi connectivity index (χ3n) is 0.156. The molecule has 3 N–H and O–H groups in total. The molecule has 5 nitrogen and oxygen atoms in total. The van der Waals surface area contributed by atoms with E-state index in [0.29, 0.717) is 0 Å². The lowest BCUT2D eigenvalue weighted by molar-refractivity contribution is 0.249. The standard InChI is InChI=1S/C2H6.CH3N3O2/c1-2;2-1(5)3-4-6/h1-2H3;(H3,2,3,5,6). The van der Waals surface area contributed by atoms with Crippen LogP contribution in [0.25, 0.3) is 0 Å². The molecule has 0 radical (unpaired) electrons. The maximum Gasteiger partial charge on any atom is 0.335 e.